The van der Waals surface area contributed by atoms with E-state index in [1.54, 1.807) is 25.1 Å². The normalized spacial score (nSPS) is 25.4. The summed E-state index contributed by atoms with van der Waals surface area (Å²) in [6, 6.07) is 11.1. The van der Waals surface area contributed by atoms with Gasteiger partial charge < -0.3 is 24.6 Å². The molecule has 0 spiro atoms. The zero-order chi connectivity index (χ0) is 37.6. The van der Waals surface area contributed by atoms with Crippen molar-refractivity contribution in [2.45, 2.75) is 102 Å². The third-order valence-electron chi connectivity index (χ3n) is 12.2. The molecule has 13 heteroatoms. The van der Waals surface area contributed by atoms with E-state index in [0.29, 0.717) is 46.2 Å². The van der Waals surface area contributed by atoms with Gasteiger partial charge in [-0.15, -0.1) is 0 Å². The molecule has 7 atom stereocenters. The predicted molar refractivity (Wildman–Crippen MR) is 208 cm³/mol. The minimum Gasteiger partial charge on any atom is -0.387 e. The second-order valence-corrected chi connectivity index (χ2v) is 17.0. The van der Waals surface area contributed by atoms with Gasteiger partial charge in [-0.05, 0) is 93.2 Å². The van der Waals surface area contributed by atoms with Crippen LogP contribution in [-0.2, 0) is 22.6 Å². The average molecular weight is 788 g/mol. The number of pyridine rings is 1. The third-order valence-corrected chi connectivity index (χ3v) is 13.8. The Kier molecular flexibility index (Phi) is 9.23. The Morgan fingerprint density at radius 3 is 2.72 bits per heavy atom. The number of benzene rings is 2. The van der Waals surface area contributed by atoms with Crippen molar-refractivity contribution in [1.29, 1.82) is 5.26 Å². The molecule has 2 saturated carbocycles. The number of aliphatic hydroxyl groups excluding tert-OH is 1. The van der Waals surface area contributed by atoms with Crippen molar-refractivity contribution in [1.82, 2.24) is 24.1 Å². The van der Waals surface area contributed by atoms with Crippen molar-refractivity contribution in [2.75, 3.05) is 6.54 Å². The fraction of sp³-hybridized carbons (Fsp3) is 0.463. The van der Waals surface area contributed by atoms with E-state index in [-0.39, 0.29) is 71.0 Å². The third kappa shape index (κ3) is 5.75. The number of nitrogens with zero attached hydrogens (tertiary/aromatic N) is 5. The molecule has 9 nitrogen and oxygen atoms in total. The number of rotatable bonds is 10. The van der Waals surface area contributed by atoms with Gasteiger partial charge in [0.25, 0.3) is 0 Å². The van der Waals surface area contributed by atoms with Crippen LogP contribution in [0.5, 0.6) is 0 Å². The second kappa shape index (κ2) is 13.8. The van der Waals surface area contributed by atoms with Crippen molar-refractivity contribution in [3.63, 3.8) is 0 Å². The summed E-state index contributed by atoms with van der Waals surface area (Å²) in [5, 5.41) is 28.5. The van der Waals surface area contributed by atoms with Crippen LogP contribution in [0.1, 0.15) is 92.3 Å². The van der Waals surface area contributed by atoms with E-state index < -0.39 is 11.9 Å². The highest BCUT2D eigenvalue weighted by atomic mass is 35.5. The van der Waals surface area contributed by atoms with Crippen LogP contribution in [-0.4, -0.2) is 54.6 Å². The van der Waals surface area contributed by atoms with Crippen molar-refractivity contribution in [2.24, 2.45) is 11.8 Å². The van der Waals surface area contributed by atoms with Gasteiger partial charge in [-0.1, -0.05) is 35.3 Å². The van der Waals surface area contributed by atoms with Crippen molar-refractivity contribution < 1.29 is 19.0 Å². The largest absolute Gasteiger partial charge is 0.387 e. The Labute approximate surface area is 327 Å². The van der Waals surface area contributed by atoms with Crippen LogP contribution in [0.15, 0.2) is 35.7 Å². The molecule has 2 aliphatic carbocycles. The minimum atomic E-state index is -1.02. The highest BCUT2D eigenvalue weighted by Crippen LogP contribution is 2.52. The number of carbonyl (C=O) groups excluding carboxylic acids is 1. The van der Waals surface area contributed by atoms with E-state index >= 15 is 4.39 Å². The number of aliphatic hydroxyl groups is 1. The molecular formula is C41H41Cl2FN6O3S. The number of ether oxygens (including phenoxy) is 1. The van der Waals surface area contributed by atoms with E-state index in [2.05, 4.69) is 33.3 Å². The maximum Gasteiger partial charge on any atom is 0.226 e. The zero-order valence-electron chi connectivity index (χ0n) is 30.3. The van der Waals surface area contributed by atoms with Gasteiger partial charge in [-0.2, -0.15) is 9.64 Å². The molecule has 280 valence electrons. The number of aryl methyl sites for hydroxylation is 2. The summed E-state index contributed by atoms with van der Waals surface area (Å²) in [5.41, 5.74) is 5.49. The molecule has 2 N–H and O–H groups in total. The van der Waals surface area contributed by atoms with Gasteiger partial charge >= 0.3 is 0 Å². The number of likely N-dealkylation sites (tertiary alicyclic amines) is 1. The lowest BCUT2D eigenvalue weighted by Gasteiger charge is -2.39. The van der Waals surface area contributed by atoms with Gasteiger partial charge in [-0.25, -0.2) is 9.37 Å². The summed E-state index contributed by atoms with van der Waals surface area (Å²) in [5.74, 6) is -0.0937. The number of hydrogen-bond donors (Lipinski definition) is 2. The zero-order valence-corrected chi connectivity index (χ0v) is 32.6. The number of nitriles is 1. The Bertz CT molecular complexity index is 2350. The Balaban J connectivity index is 1.28. The topological polar surface area (TPSA) is 116 Å². The molecule has 5 aromatic rings. The minimum absolute atomic E-state index is 0.00194. The molecule has 2 aromatic carbocycles. The molecule has 1 amide bonds. The average Bonchev–Trinajstić information content (AvgIpc) is 3.50. The van der Waals surface area contributed by atoms with Crippen LogP contribution < -0.4 is 5.32 Å². The molecule has 54 heavy (non-hydrogen) atoms. The highest BCUT2D eigenvalue weighted by molar-refractivity contribution is 7.03. The van der Waals surface area contributed by atoms with Crippen LogP contribution in [0.3, 0.4) is 0 Å². The molecule has 3 aliphatic heterocycles. The smallest absolute Gasteiger partial charge is 0.226 e. The molecule has 6 heterocycles. The first-order valence-corrected chi connectivity index (χ1v) is 20.4. The van der Waals surface area contributed by atoms with Crippen molar-refractivity contribution in [3.8, 4) is 17.2 Å². The van der Waals surface area contributed by atoms with Crippen molar-refractivity contribution >= 4 is 62.4 Å². The first-order chi connectivity index (χ1) is 26.1. The number of halogens is 3. The summed E-state index contributed by atoms with van der Waals surface area (Å²) >= 11 is 14.6. The molecule has 5 aliphatic rings. The van der Waals surface area contributed by atoms with Gasteiger partial charge in [0.15, 0.2) is 5.82 Å². The molecule has 3 aromatic heterocycles. The first kappa shape index (κ1) is 36.0. The SMILES string of the molecule is Cc1csnc1COC1CC(c2cc3c(C(C)O)nc4c(F)c(-c5cccc(Cl)c5Cl)c(CCC#N)cc4c3n2C2C3CNC2C3)N(C(=O)C2CC2)C1C. The van der Waals surface area contributed by atoms with Gasteiger partial charge in [0, 0.05) is 64.3 Å². The standard InChI is InChI=1S/C41H41Cl2FN6O3S/c1-19-18-54-48-30(19)17-53-33-15-32(49(20(33)2)41(52)22-9-10-22)31-14-27-37(21(3)51)47-38-26(40(27)50(31)39-24-13-29(39)46-16-24)12-23(6-5-11-45)34(36(38)44)25-7-4-8-28(42)35(25)43/h4,7-8,12,14,18,20-22,24,29,32-33,39,46,51H,5-6,9-10,13,15-17H2,1-3H3. The summed E-state index contributed by atoms with van der Waals surface area (Å²) < 4.78 is 30.9. The molecule has 0 radical (unpaired) electrons. The van der Waals surface area contributed by atoms with Crippen LogP contribution in [0, 0.1) is 35.9 Å². The van der Waals surface area contributed by atoms with E-state index in [4.69, 9.17) is 32.9 Å². The van der Waals surface area contributed by atoms with Gasteiger partial charge in [0.2, 0.25) is 5.91 Å². The van der Waals surface area contributed by atoms with E-state index in [1.807, 2.05) is 23.3 Å². The maximum atomic E-state index is 17.4. The molecule has 10 rings (SSSR count). The number of aromatic nitrogens is 3. The lowest BCUT2D eigenvalue weighted by Crippen LogP contribution is -2.43. The number of hydrogen-bond acceptors (Lipinski definition) is 8. The quantitative estimate of drug-likeness (QED) is 0.145. The number of nitrogens with one attached hydrogen (secondary N) is 1. The van der Waals surface area contributed by atoms with Gasteiger partial charge in [-0.3, -0.25) is 4.79 Å². The summed E-state index contributed by atoms with van der Waals surface area (Å²) in [7, 11) is 0. The van der Waals surface area contributed by atoms with Gasteiger partial charge in [0.05, 0.1) is 70.0 Å². The summed E-state index contributed by atoms with van der Waals surface area (Å²) in [4.78, 5) is 21.2. The summed E-state index contributed by atoms with van der Waals surface area (Å²) in [6.07, 6.45) is 2.58. The number of amides is 1. The second-order valence-electron chi connectivity index (χ2n) is 15.6. The predicted octanol–water partition coefficient (Wildman–Crippen LogP) is 8.77. The monoisotopic (exact) mass is 786 g/mol. The van der Waals surface area contributed by atoms with E-state index in [0.717, 1.165) is 53.7 Å². The highest BCUT2D eigenvalue weighted by Gasteiger charge is 2.52. The molecular weight excluding hydrogens is 746 g/mol. The molecule has 3 saturated heterocycles. The fourth-order valence-corrected chi connectivity index (χ4v) is 10.3. The van der Waals surface area contributed by atoms with Crippen LogP contribution >= 0.6 is 34.7 Å². The molecule has 5 fully saturated rings. The lowest BCUT2D eigenvalue weighted by atomic mass is 9.79. The Morgan fingerprint density at radius 1 is 1.24 bits per heavy atom. The van der Waals surface area contributed by atoms with Gasteiger partial charge in [0.1, 0.15) is 5.52 Å². The number of fused-ring (bicyclic) bond motifs is 4. The Hall–Kier alpha value is -3.63. The first-order valence-electron chi connectivity index (χ1n) is 18.8. The van der Waals surface area contributed by atoms with E-state index in [9.17, 15) is 15.2 Å². The van der Waals surface area contributed by atoms with Crippen LogP contribution in [0.2, 0.25) is 10.0 Å². The number of carbonyl (C=O) groups is 1. The summed E-state index contributed by atoms with van der Waals surface area (Å²) in [6.45, 7) is 7.00. The maximum absolute atomic E-state index is 17.4. The Morgan fingerprint density at radius 2 is 2.06 bits per heavy atom. The molecule has 7 unspecified atom stereocenters. The lowest BCUT2D eigenvalue weighted by molar-refractivity contribution is -0.136. The fourth-order valence-electron chi connectivity index (χ4n) is 9.28. The molecule has 2 bridgehead atoms. The van der Waals surface area contributed by atoms with Crippen LogP contribution in [0.25, 0.3) is 32.9 Å². The van der Waals surface area contributed by atoms with E-state index in [1.165, 1.54) is 11.5 Å². The van der Waals surface area contributed by atoms with Crippen molar-refractivity contribution in [3.05, 3.63) is 79.8 Å². The van der Waals surface area contributed by atoms with Crippen LogP contribution in [0.4, 0.5) is 4.39 Å².